The van der Waals surface area contributed by atoms with E-state index in [1.54, 1.807) is 48.5 Å². The molecule has 0 radical (unpaired) electrons. The lowest BCUT2D eigenvalue weighted by atomic mass is 10.1. The summed E-state index contributed by atoms with van der Waals surface area (Å²) in [7, 11) is -4.00. The van der Waals surface area contributed by atoms with Gasteiger partial charge in [-0.1, -0.05) is 47.5 Å². The Kier molecular flexibility index (Phi) is 8.10. The molecule has 3 aromatic rings. The molecule has 7 nitrogen and oxygen atoms in total. The Balaban J connectivity index is 1.81. The van der Waals surface area contributed by atoms with Gasteiger partial charge in [-0.25, -0.2) is 8.42 Å². The minimum absolute atomic E-state index is 0.0180. The molecule has 2 amide bonds. The van der Waals surface area contributed by atoms with Crippen LogP contribution in [0.25, 0.3) is 0 Å². The molecule has 33 heavy (non-hydrogen) atoms. The number of halogens is 2. The second-order valence-electron chi connectivity index (χ2n) is 7.24. The number of nitrogens with two attached hydrogens (primary N) is 1. The summed E-state index contributed by atoms with van der Waals surface area (Å²) in [4.78, 5) is 23.8. The van der Waals surface area contributed by atoms with Gasteiger partial charge in [0.15, 0.2) is 0 Å². The molecular formula is C23H21Cl2N3O4S. The first-order valence-electron chi connectivity index (χ1n) is 9.81. The quantitative estimate of drug-likeness (QED) is 0.460. The number of carbonyl (C=O) groups is 2. The van der Waals surface area contributed by atoms with Crippen LogP contribution in [0.3, 0.4) is 0 Å². The van der Waals surface area contributed by atoms with Gasteiger partial charge in [-0.15, -0.1) is 0 Å². The molecule has 0 unspecified atom stereocenters. The van der Waals surface area contributed by atoms with Gasteiger partial charge in [0.1, 0.15) is 0 Å². The van der Waals surface area contributed by atoms with Gasteiger partial charge in [-0.3, -0.25) is 9.59 Å². The summed E-state index contributed by atoms with van der Waals surface area (Å²) in [6.45, 7) is -0.455. The summed E-state index contributed by atoms with van der Waals surface area (Å²) >= 11 is 11.8. The summed E-state index contributed by atoms with van der Waals surface area (Å²) in [6.07, 6.45) is 0.0857. The lowest BCUT2D eigenvalue weighted by molar-refractivity contribution is -0.117. The first-order chi connectivity index (χ1) is 15.6. The molecule has 3 rings (SSSR count). The van der Waals surface area contributed by atoms with Crippen molar-refractivity contribution in [3.05, 3.63) is 94.0 Å². The van der Waals surface area contributed by atoms with Crippen LogP contribution in [0.2, 0.25) is 10.0 Å². The number of hydrogen-bond donors (Lipinski definition) is 2. The number of primary amides is 1. The predicted octanol–water partition coefficient (Wildman–Crippen LogP) is 3.85. The van der Waals surface area contributed by atoms with E-state index in [4.69, 9.17) is 28.9 Å². The Morgan fingerprint density at radius 2 is 1.33 bits per heavy atom. The molecular weight excluding hydrogens is 485 g/mol. The van der Waals surface area contributed by atoms with Gasteiger partial charge in [-0.05, 0) is 59.7 Å². The van der Waals surface area contributed by atoms with E-state index >= 15 is 0 Å². The van der Waals surface area contributed by atoms with E-state index in [1.807, 2.05) is 0 Å². The second kappa shape index (κ2) is 10.8. The highest BCUT2D eigenvalue weighted by Crippen LogP contribution is 2.21. The normalized spacial score (nSPS) is 11.4. The maximum absolute atomic E-state index is 13.3. The zero-order valence-corrected chi connectivity index (χ0v) is 19.7. The summed E-state index contributed by atoms with van der Waals surface area (Å²) in [6, 6.07) is 19.0. The molecule has 0 heterocycles. The van der Waals surface area contributed by atoms with Crippen LogP contribution in [-0.2, 0) is 32.6 Å². The smallest absolute Gasteiger partial charge is 0.243 e. The highest BCUT2D eigenvalue weighted by atomic mass is 35.5. The summed E-state index contributed by atoms with van der Waals surface area (Å²) in [5.41, 5.74) is 7.01. The number of hydrogen-bond acceptors (Lipinski definition) is 4. The van der Waals surface area contributed by atoms with Gasteiger partial charge in [-0.2, -0.15) is 4.31 Å². The number of nitrogens with one attached hydrogen (secondary N) is 1. The summed E-state index contributed by atoms with van der Waals surface area (Å²) < 4.78 is 27.6. The largest absolute Gasteiger partial charge is 0.369 e. The van der Waals surface area contributed by atoms with E-state index in [2.05, 4.69) is 5.32 Å². The molecule has 0 bridgehead atoms. The zero-order valence-electron chi connectivity index (χ0n) is 17.4. The van der Waals surface area contributed by atoms with Crippen molar-refractivity contribution in [3.63, 3.8) is 0 Å². The Bertz CT molecular complexity index is 1230. The molecule has 0 fully saturated rings. The van der Waals surface area contributed by atoms with Crippen LogP contribution in [0.4, 0.5) is 5.69 Å². The van der Waals surface area contributed by atoms with Gasteiger partial charge >= 0.3 is 0 Å². The standard InChI is InChI=1S/C23H21Cl2N3O4S/c24-18-5-1-17(2-6-18)14-28(33(31,32)21-11-7-19(25)8-12-21)15-23(30)27-20-9-3-16(4-10-20)13-22(26)29/h1-12H,13-15H2,(H2,26,29)(H,27,30). The average Bonchev–Trinajstić information content (AvgIpc) is 2.76. The Labute approximate surface area is 202 Å². The first-order valence-corrected chi connectivity index (χ1v) is 12.0. The van der Waals surface area contributed by atoms with Gasteiger partial charge in [0.25, 0.3) is 0 Å². The van der Waals surface area contributed by atoms with Crippen LogP contribution in [0.5, 0.6) is 0 Å². The number of nitrogens with zero attached hydrogens (tertiary/aromatic N) is 1. The second-order valence-corrected chi connectivity index (χ2v) is 10.1. The van der Waals surface area contributed by atoms with Crippen LogP contribution in [0.1, 0.15) is 11.1 Å². The van der Waals surface area contributed by atoms with Crippen LogP contribution < -0.4 is 11.1 Å². The fourth-order valence-electron chi connectivity index (χ4n) is 3.04. The Morgan fingerprint density at radius 3 is 1.88 bits per heavy atom. The van der Waals surface area contributed by atoms with Crippen molar-refractivity contribution in [2.75, 3.05) is 11.9 Å². The van der Waals surface area contributed by atoms with Crippen LogP contribution in [-0.4, -0.2) is 31.1 Å². The minimum Gasteiger partial charge on any atom is -0.369 e. The number of benzene rings is 3. The first kappa shape index (κ1) is 24.7. The highest BCUT2D eigenvalue weighted by molar-refractivity contribution is 7.89. The summed E-state index contributed by atoms with van der Waals surface area (Å²) in [5.74, 6) is -0.985. The van der Waals surface area contributed by atoms with Crippen molar-refractivity contribution >= 4 is 50.7 Å². The lowest BCUT2D eigenvalue weighted by Crippen LogP contribution is -2.37. The summed E-state index contributed by atoms with van der Waals surface area (Å²) in [5, 5.41) is 3.59. The van der Waals surface area contributed by atoms with Crippen molar-refractivity contribution < 1.29 is 18.0 Å². The fourth-order valence-corrected chi connectivity index (χ4v) is 4.68. The van der Waals surface area contributed by atoms with E-state index in [9.17, 15) is 18.0 Å². The highest BCUT2D eigenvalue weighted by Gasteiger charge is 2.27. The van der Waals surface area contributed by atoms with Crippen molar-refractivity contribution in [1.82, 2.24) is 4.31 Å². The fraction of sp³-hybridized carbons (Fsp3) is 0.130. The topological polar surface area (TPSA) is 110 Å². The van der Waals surface area contributed by atoms with E-state index in [1.165, 1.54) is 24.3 Å². The van der Waals surface area contributed by atoms with Crippen molar-refractivity contribution in [2.24, 2.45) is 5.73 Å². The molecule has 172 valence electrons. The number of rotatable bonds is 9. The van der Waals surface area contributed by atoms with Crippen molar-refractivity contribution in [3.8, 4) is 0 Å². The number of sulfonamides is 1. The Morgan fingerprint density at radius 1 is 0.818 bits per heavy atom. The molecule has 0 aromatic heterocycles. The third-order valence-corrected chi connectivity index (χ3v) is 6.97. The van der Waals surface area contributed by atoms with Crippen molar-refractivity contribution in [1.29, 1.82) is 0 Å². The SMILES string of the molecule is NC(=O)Cc1ccc(NC(=O)CN(Cc2ccc(Cl)cc2)S(=O)(=O)c2ccc(Cl)cc2)cc1. The van der Waals surface area contributed by atoms with Gasteiger partial charge < -0.3 is 11.1 Å². The third-order valence-electron chi connectivity index (χ3n) is 4.66. The zero-order chi connectivity index (χ0) is 24.0. The monoisotopic (exact) mass is 505 g/mol. The minimum atomic E-state index is -4.00. The molecule has 10 heteroatoms. The third kappa shape index (κ3) is 7.03. The van der Waals surface area contributed by atoms with Gasteiger partial charge in [0.2, 0.25) is 21.8 Å². The molecule has 0 aliphatic carbocycles. The molecule has 3 N–H and O–H groups in total. The molecule has 3 aromatic carbocycles. The van der Waals surface area contributed by atoms with E-state index in [0.29, 0.717) is 26.9 Å². The molecule has 0 spiro atoms. The number of amides is 2. The van der Waals surface area contributed by atoms with E-state index < -0.39 is 28.4 Å². The van der Waals surface area contributed by atoms with Crippen molar-refractivity contribution in [2.45, 2.75) is 17.9 Å². The van der Waals surface area contributed by atoms with Crippen LogP contribution in [0, 0.1) is 0 Å². The molecule has 0 atom stereocenters. The molecule has 0 saturated carbocycles. The van der Waals surface area contributed by atoms with Gasteiger partial charge in [0, 0.05) is 22.3 Å². The molecule has 0 aliphatic rings. The maximum Gasteiger partial charge on any atom is 0.243 e. The number of anilines is 1. The molecule has 0 aliphatic heterocycles. The van der Waals surface area contributed by atoms with Crippen LogP contribution in [0.15, 0.2) is 77.7 Å². The maximum atomic E-state index is 13.3. The van der Waals surface area contributed by atoms with Crippen LogP contribution >= 0.6 is 23.2 Å². The average molecular weight is 506 g/mol. The predicted molar refractivity (Wildman–Crippen MR) is 128 cm³/mol. The Hall–Kier alpha value is -2.91. The van der Waals surface area contributed by atoms with E-state index in [0.717, 1.165) is 4.31 Å². The molecule has 0 saturated heterocycles. The van der Waals surface area contributed by atoms with E-state index in [-0.39, 0.29) is 17.9 Å². The number of carbonyl (C=O) groups excluding carboxylic acids is 2. The lowest BCUT2D eigenvalue weighted by Gasteiger charge is -2.22. The van der Waals surface area contributed by atoms with Gasteiger partial charge in [0.05, 0.1) is 17.9 Å².